The number of hydrogen-bond donors (Lipinski definition) is 0. The molecule has 1 unspecified atom stereocenters. The van der Waals surface area contributed by atoms with E-state index in [1.54, 1.807) is 6.92 Å². The second-order valence-corrected chi connectivity index (χ2v) is 6.97. The number of ketones is 1. The number of Topliss-reactive ketones (excluding diaryl/α,β-unsaturated/α-hetero) is 1. The first kappa shape index (κ1) is 17.3. The summed E-state index contributed by atoms with van der Waals surface area (Å²) in [7, 11) is 2.84. The quantitative estimate of drug-likeness (QED) is 0.366. The molecule has 0 aliphatic carbocycles. The van der Waals surface area contributed by atoms with Crippen LogP contribution in [0.15, 0.2) is 35.5 Å². The summed E-state index contributed by atoms with van der Waals surface area (Å²) in [6.07, 6.45) is 6.75. The molecule has 0 amide bonds. The summed E-state index contributed by atoms with van der Waals surface area (Å²) >= 11 is 0. The third-order valence-electron chi connectivity index (χ3n) is 2.85. The summed E-state index contributed by atoms with van der Waals surface area (Å²) in [5.74, 6) is 0.122. The van der Waals surface area contributed by atoms with Crippen molar-refractivity contribution in [1.29, 1.82) is 0 Å². The highest BCUT2D eigenvalue weighted by Crippen LogP contribution is 2.28. The maximum Gasteiger partial charge on any atom is 0.160 e. The summed E-state index contributed by atoms with van der Waals surface area (Å²) in [4.78, 5) is 11.8. The van der Waals surface area contributed by atoms with Crippen LogP contribution in [-0.4, -0.2) is 10.9 Å². The first-order chi connectivity index (χ1) is 8.22. The van der Waals surface area contributed by atoms with Crippen molar-refractivity contribution in [3.63, 3.8) is 0 Å². The first-order valence-electron chi connectivity index (χ1n) is 6.56. The maximum absolute atomic E-state index is 11.8. The summed E-state index contributed by atoms with van der Waals surface area (Å²) in [5.41, 5.74) is 2.88. The Bertz CT molecular complexity index is 367. The predicted molar refractivity (Wildman–Crippen MR) is 85.0 cm³/mol. The fourth-order valence-corrected chi connectivity index (χ4v) is 2.02. The van der Waals surface area contributed by atoms with Gasteiger partial charge < -0.3 is 0 Å². The van der Waals surface area contributed by atoms with Crippen LogP contribution in [0.4, 0.5) is 0 Å². The molecule has 2 heteroatoms. The summed E-state index contributed by atoms with van der Waals surface area (Å²) in [6, 6.07) is 0. The van der Waals surface area contributed by atoms with E-state index in [9.17, 15) is 4.79 Å². The molecule has 0 aromatic carbocycles. The van der Waals surface area contributed by atoms with E-state index in [4.69, 9.17) is 0 Å². The molecule has 0 aromatic rings. The van der Waals surface area contributed by atoms with Crippen molar-refractivity contribution >= 4 is 15.0 Å². The van der Waals surface area contributed by atoms with Gasteiger partial charge in [0.2, 0.25) is 0 Å². The maximum atomic E-state index is 11.8. The lowest BCUT2D eigenvalue weighted by molar-refractivity contribution is -0.113. The molecular weight excluding hydrogens is 239 g/mol. The van der Waals surface area contributed by atoms with Gasteiger partial charge in [-0.2, -0.15) is 0 Å². The van der Waals surface area contributed by atoms with Crippen molar-refractivity contribution in [2.24, 2.45) is 0 Å². The number of rotatable bonds is 7. The molecular formula is C16H27OP. The van der Waals surface area contributed by atoms with E-state index >= 15 is 0 Å². The molecule has 0 spiro atoms. The van der Waals surface area contributed by atoms with Gasteiger partial charge >= 0.3 is 0 Å². The predicted octanol–water partition coefficient (Wildman–Crippen LogP) is 4.85. The highest BCUT2D eigenvalue weighted by Gasteiger charge is 2.16. The Kier molecular flexibility index (Phi) is 7.40. The fraction of sp³-hybridized carbons (Fsp3) is 0.562. The minimum atomic E-state index is 0.122. The second-order valence-electron chi connectivity index (χ2n) is 5.40. The Morgan fingerprint density at radius 2 is 1.94 bits per heavy atom. The van der Waals surface area contributed by atoms with Crippen LogP contribution in [0.25, 0.3) is 0 Å². The van der Waals surface area contributed by atoms with Gasteiger partial charge in [-0.3, -0.25) is 4.79 Å². The van der Waals surface area contributed by atoms with E-state index in [-0.39, 0.29) is 10.9 Å². The molecule has 0 heterocycles. The van der Waals surface area contributed by atoms with Crippen LogP contribution in [0.3, 0.4) is 0 Å². The zero-order valence-electron chi connectivity index (χ0n) is 12.5. The fourth-order valence-electron chi connectivity index (χ4n) is 1.88. The standard InChI is InChI=1S/C16H27OP/c1-7-9-14(8-2)15(13(4)17)12(3)10-11-16(5,6)18/h7,9H,3,8,10-11,18H2,1-2,4-6H3/b9-7-,15-14+. The highest BCUT2D eigenvalue weighted by atomic mass is 31.0. The lowest BCUT2D eigenvalue weighted by atomic mass is 9.91. The number of hydrogen-bond acceptors (Lipinski definition) is 1. The molecule has 0 radical (unpaired) electrons. The normalized spacial score (nSPS) is 13.7. The molecule has 0 saturated heterocycles. The van der Waals surface area contributed by atoms with Gasteiger partial charge in [-0.1, -0.05) is 39.5 Å². The number of carbonyl (C=O) groups excluding carboxylic acids is 1. The van der Waals surface area contributed by atoms with Crippen LogP contribution in [0.5, 0.6) is 0 Å². The van der Waals surface area contributed by atoms with Crippen molar-refractivity contribution in [3.05, 3.63) is 35.5 Å². The zero-order chi connectivity index (χ0) is 14.3. The second kappa shape index (κ2) is 7.69. The SMILES string of the molecule is C=C(CCC(C)(C)P)/C(C(C)=O)=C(\C=C/C)CC. The van der Waals surface area contributed by atoms with Gasteiger partial charge in [0.05, 0.1) is 0 Å². The first-order valence-corrected chi connectivity index (χ1v) is 7.14. The van der Waals surface area contributed by atoms with E-state index in [2.05, 4.69) is 36.6 Å². The van der Waals surface area contributed by atoms with Gasteiger partial charge in [-0.05, 0) is 49.4 Å². The molecule has 102 valence electrons. The van der Waals surface area contributed by atoms with Crippen molar-refractivity contribution in [2.45, 2.75) is 59.0 Å². The van der Waals surface area contributed by atoms with Gasteiger partial charge in [0.15, 0.2) is 5.78 Å². The van der Waals surface area contributed by atoms with Crippen LogP contribution < -0.4 is 0 Å². The minimum Gasteiger partial charge on any atom is -0.294 e. The molecule has 0 aliphatic rings. The average Bonchev–Trinajstić information content (AvgIpc) is 2.24. The van der Waals surface area contributed by atoms with E-state index in [1.165, 1.54) is 0 Å². The Labute approximate surface area is 115 Å². The van der Waals surface area contributed by atoms with Gasteiger partial charge in [-0.25, -0.2) is 0 Å². The smallest absolute Gasteiger partial charge is 0.160 e. The highest BCUT2D eigenvalue weighted by molar-refractivity contribution is 7.18. The lowest BCUT2D eigenvalue weighted by Gasteiger charge is -2.20. The molecule has 0 rings (SSSR count). The molecule has 0 fully saturated rings. The minimum absolute atomic E-state index is 0.122. The largest absolute Gasteiger partial charge is 0.294 e. The molecule has 0 saturated carbocycles. The van der Waals surface area contributed by atoms with Crippen molar-refractivity contribution in [2.75, 3.05) is 0 Å². The van der Waals surface area contributed by atoms with Gasteiger partial charge in [-0.15, -0.1) is 9.24 Å². The molecule has 18 heavy (non-hydrogen) atoms. The molecule has 0 aromatic heterocycles. The molecule has 1 atom stereocenters. The lowest BCUT2D eigenvalue weighted by Crippen LogP contribution is -2.11. The van der Waals surface area contributed by atoms with Crippen molar-refractivity contribution < 1.29 is 4.79 Å². The van der Waals surface area contributed by atoms with Crippen LogP contribution in [0.1, 0.15) is 53.9 Å². The van der Waals surface area contributed by atoms with Gasteiger partial charge in [0, 0.05) is 5.57 Å². The van der Waals surface area contributed by atoms with E-state index < -0.39 is 0 Å². The van der Waals surface area contributed by atoms with E-state index in [0.29, 0.717) is 0 Å². The Morgan fingerprint density at radius 3 is 2.28 bits per heavy atom. The average molecular weight is 266 g/mol. The summed E-state index contributed by atoms with van der Waals surface area (Å²) in [5, 5.41) is 0.192. The topological polar surface area (TPSA) is 17.1 Å². The van der Waals surface area contributed by atoms with Crippen LogP contribution >= 0.6 is 9.24 Å². The third kappa shape index (κ3) is 6.31. The van der Waals surface area contributed by atoms with Crippen LogP contribution in [0, 0.1) is 0 Å². The number of carbonyl (C=O) groups is 1. The molecule has 1 nitrogen and oxygen atoms in total. The molecule has 0 N–H and O–H groups in total. The van der Waals surface area contributed by atoms with Crippen molar-refractivity contribution in [1.82, 2.24) is 0 Å². The van der Waals surface area contributed by atoms with Gasteiger partial charge in [0.1, 0.15) is 0 Å². The summed E-state index contributed by atoms with van der Waals surface area (Å²) < 4.78 is 0. The number of allylic oxidation sites excluding steroid dienone is 5. The van der Waals surface area contributed by atoms with Crippen molar-refractivity contribution in [3.8, 4) is 0 Å². The van der Waals surface area contributed by atoms with E-state index in [1.807, 2.05) is 19.1 Å². The summed E-state index contributed by atoms with van der Waals surface area (Å²) in [6.45, 7) is 14.1. The van der Waals surface area contributed by atoms with E-state index in [0.717, 1.165) is 36.0 Å². The van der Waals surface area contributed by atoms with Gasteiger partial charge in [0.25, 0.3) is 0 Å². The Hall–Kier alpha value is -0.680. The molecule has 0 aliphatic heterocycles. The Morgan fingerprint density at radius 1 is 1.39 bits per heavy atom. The monoisotopic (exact) mass is 266 g/mol. The van der Waals surface area contributed by atoms with Crippen LogP contribution in [0.2, 0.25) is 0 Å². The zero-order valence-corrected chi connectivity index (χ0v) is 13.6. The third-order valence-corrected chi connectivity index (χ3v) is 3.14. The molecule has 0 bridgehead atoms. The Balaban J connectivity index is 5.13. The van der Waals surface area contributed by atoms with Crippen LogP contribution in [-0.2, 0) is 4.79 Å².